The zero-order valence-electron chi connectivity index (χ0n) is 19.6. The maximum Gasteiger partial charge on any atom is 0.305 e. The number of nitrogens with zero attached hydrogens (tertiary/aromatic N) is 2. The Hall–Kier alpha value is -3.49. The molecule has 1 aromatic heterocycles. The van der Waals surface area contributed by atoms with Crippen LogP contribution >= 0.6 is 0 Å². The van der Waals surface area contributed by atoms with Gasteiger partial charge in [-0.3, -0.25) is 14.4 Å². The van der Waals surface area contributed by atoms with Crippen molar-refractivity contribution < 1.29 is 33.0 Å². The van der Waals surface area contributed by atoms with Crippen LogP contribution in [0.5, 0.6) is 11.5 Å². The summed E-state index contributed by atoms with van der Waals surface area (Å²) < 4.78 is 21.2. The number of methoxy groups -OCH3 is 1. The Morgan fingerprint density at radius 2 is 1.79 bits per heavy atom. The summed E-state index contributed by atoms with van der Waals surface area (Å²) in [5, 5.41) is 0. The van der Waals surface area contributed by atoms with Gasteiger partial charge in [0, 0.05) is 25.4 Å². The van der Waals surface area contributed by atoms with Crippen molar-refractivity contribution in [3.05, 3.63) is 47.4 Å². The van der Waals surface area contributed by atoms with Crippen molar-refractivity contribution in [3.8, 4) is 11.5 Å². The Bertz CT molecular complexity index is 1040. The average molecular weight is 471 g/mol. The molecular weight excluding hydrogens is 440 g/mol. The highest BCUT2D eigenvalue weighted by Gasteiger charge is 2.34. The molecule has 2 heterocycles. The molecule has 9 heteroatoms. The van der Waals surface area contributed by atoms with Crippen molar-refractivity contribution in [3.63, 3.8) is 0 Å². The van der Waals surface area contributed by atoms with Crippen molar-refractivity contribution in [2.45, 2.75) is 58.2 Å². The van der Waals surface area contributed by atoms with Gasteiger partial charge in [-0.25, -0.2) is 0 Å². The second-order valence-corrected chi connectivity index (χ2v) is 8.63. The smallest absolute Gasteiger partial charge is 0.305 e. The van der Waals surface area contributed by atoms with Crippen LogP contribution in [0.1, 0.15) is 49.2 Å². The molecule has 182 valence electrons. The second-order valence-electron chi connectivity index (χ2n) is 8.63. The van der Waals surface area contributed by atoms with E-state index in [1.54, 1.807) is 9.80 Å². The lowest BCUT2D eigenvalue weighted by Crippen LogP contribution is -2.43. The maximum atomic E-state index is 13.4. The first-order valence-corrected chi connectivity index (χ1v) is 11.5. The topological polar surface area (TPSA) is 98.5 Å². The SMILES string of the molecule is COC(=O)CCCC(=O)N(CC(=O)N(Cc1ccc2c(c1)OCO2)Cc1ccc(C)o1)C1CC1. The number of furan rings is 1. The highest BCUT2D eigenvalue weighted by molar-refractivity contribution is 5.85. The molecule has 1 aromatic carbocycles. The monoisotopic (exact) mass is 470 g/mol. The zero-order chi connectivity index (χ0) is 24.1. The molecule has 0 radical (unpaired) electrons. The molecule has 0 spiro atoms. The van der Waals surface area contributed by atoms with Crippen LogP contribution in [0.4, 0.5) is 0 Å². The van der Waals surface area contributed by atoms with E-state index >= 15 is 0 Å². The van der Waals surface area contributed by atoms with E-state index in [0.29, 0.717) is 30.2 Å². The summed E-state index contributed by atoms with van der Waals surface area (Å²) in [6.45, 7) is 2.66. The third kappa shape index (κ3) is 6.09. The fourth-order valence-electron chi connectivity index (χ4n) is 3.93. The lowest BCUT2D eigenvalue weighted by molar-refractivity contribution is -0.143. The number of benzene rings is 1. The van der Waals surface area contributed by atoms with Gasteiger partial charge in [0.1, 0.15) is 18.1 Å². The van der Waals surface area contributed by atoms with Gasteiger partial charge in [0.2, 0.25) is 18.6 Å². The molecule has 0 atom stereocenters. The van der Waals surface area contributed by atoms with Crippen LogP contribution in [0.15, 0.2) is 34.7 Å². The van der Waals surface area contributed by atoms with Crippen molar-refractivity contribution in [2.75, 3.05) is 20.4 Å². The van der Waals surface area contributed by atoms with E-state index in [1.807, 2.05) is 37.3 Å². The third-order valence-electron chi connectivity index (χ3n) is 5.92. The molecule has 2 aliphatic rings. The molecule has 1 aliphatic carbocycles. The van der Waals surface area contributed by atoms with E-state index in [0.717, 1.165) is 24.2 Å². The molecule has 0 unspecified atom stereocenters. The minimum atomic E-state index is -0.342. The molecule has 1 saturated carbocycles. The molecule has 2 aromatic rings. The first kappa shape index (κ1) is 23.7. The van der Waals surface area contributed by atoms with Crippen LogP contribution in [0.25, 0.3) is 0 Å². The summed E-state index contributed by atoms with van der Waals surface area (Å²) in [5.41, 5.74) is 0.892. The molecule has 1 fully saturated rings. The molecule has 1 aliphatic heterocycles. The number of esters is 1. The van der Waals surface area contributed by atoms with E-state index in [2.05, 4.69) is 4.74 Å². The summed E-state index contributed by atoms with van der Waals surface area (Å²) >= 11 is 0. The van der Waals surface area contributed by atoms with Crippen LogP contribution < -0.4 is 9.47 Å². The fraction of sp³-hybridized carbons (Fsp3) is 0.480. The van der Waals surface area contributed by atoms with Crippen LogP contribution in [-0.2, 0) is 32.2 Å². The van der Waals surface area contributed by atoms with Crippen molar-refractivity contribution in [1.82, 2.24) is 9.80 Å². The number of carbonyl (C=O) groups excluding carboxylic acids is 3. The van der Waals surface area contributed by atoms with Crippen LogP contribution in [0.2, 0.25) is 0 Å². The van der Waals surface area contributed by atoms with Gasteiger partial charge in [0.05, 0.1) is 13.7 Å². The fourth-order valence-corrected chi connectivity index (χ4v) is 3.93. The second kappa shape index (κ2) is 10.6. The van der Waals surface area contributed by atoms with Crippen LogP contribution in [0, 0.1) is 6.92 Å². The average Bonchev–Trinajstić information content (AvgIpc) is 3.41. The number of rotatable bonds is 11. The Morgan fingerprint density at radius 3 is 2.50 bits per heavy atom. The normalized spacial score (nSPS) is 14.1. The van der Waals surface area contributed by atoms with E-state index in [-0.39, 0.29) is 56.5 Å². The maximum absolute atomic E-state index is 13.4. The Labute approximate surface area is 198 Å². The lowest BCUT2D eigenvalue weighted by Gasteiger charge is -2.27. The number of amides is 2. The number of hydrogen-bond donors (Lipinski definition) is 0. The van der Waals surface area contributed by atoms with Gasteiger partial charge >= 0.3 is 5.97 Å². The molecule has 0 N–H and O–H groups in total. The standard InChI is InChI=1S/C25H30N2O7/c1-17-6-10-20(34-17)14-26(13-18-7-11-21-22(12-18)33-16-32-21)24(29)15-27(19-8-9-19)23(28)4-3-5-25(30)31-2/h6-7,10-12,19H,3-5,8-9,13-16H2,1-2H3. The molecule has 0 saturated heterocycles. The first-order chi connectivity index (χ1) is 16.4. The molecular formula is C25H30N2O7. The molecule has 34 heavy (non-hydrogen) atoms. The summed E-state index contributed by atoms with van der Waals surface area (Å²) in [6, 6.07) is 9.39. The van der Waals surface area contributed by atoms with Gasteiger partial charge in [-0.1, -0.05) is 6.07 Å². The van der Waals surface area contributed by atoms with Crippen LogP contribution in [-0.4, -0.2) is 54.1 Å². The van der Waals surface area contributed by atoms with Gasteiger partial charge in [-0.2, -0.15) is 0 Å². The Kier molecular flexibility index (Phi) is 7.40. The largest absolute Gasteiger partial charge is 0.469 e. The summed E-state index contributed by atoms with van der Waals surface area (Å²) in [4.78, 5) is 41.0. The van der Waals surface area contributed by atoms with Gasteiger partial charge in [-0.15, -0.1) is 0 Å². The number of fused-ring (bicyclic) bond motifs is 1. The minimum Gasteiger partial charge on any atom is -0.469 e. The number of carbonyl (C=O) groups is 3. The molecule has 2 amide bonds. The van der Waals surface area contributed by atoms with E-state index in [1.165, 1.54) is 7.11 Å². The quantitative estimate of drug-likeness (QED) is 0.465. The summed E-state index contributed by atoms with van der Waals surface area (Å²) in [7, 11) is 1.33. The number of hydrogen-bond acceptors (Lipinski definition) is 7. The van der Waals surface area contributed by atoms with Crippen molar-refractivity contribution >= 4 is 17.8 Å². The molecule has 0 bridgehead atoms. The van der Waals surface area contributed by atoms with E-state index in [9.17, 15) is 14.4 Å². The van der Waals surface area contributed by atoms with Crippen molar-refractivity contribution in [2.24, 2.45) is 0 Å². The predicted molar refractivity (Wildman–Crippen MR) is 121 cm³/mol. The highest BCUT2D eigenvalue weighted by Crippen LogP contribution is 2.33. The zero-order valence-corrected chi connectivity index (χ0v) is 19.6. The Balaban J connectivity index is 1.45. The van der Waals surface area contributed by atoms with Gasteiger partial charge in [-0.05, 0) is 56.0 Å². The van der Waals surface area contributed by atoms with E-state index < -0.39 is 0 Å². The highest BCUT2D eigenvalue weighted by atomic mass is 16.7. The van der Waals surface area contributed by atoms with E-state index in [4.69, 9.17) is 13.9 Å². The lowest BCUT2D eigenvalue weighted by atomic mass is 10.1. The number of aryl methyl sites for hydroxylation is 1. The Morgan fingerprint density at radius 1 is 1.00 bits per heavy atom. The first-order valence-electron chi connectivity index (χ1n) is 11.5. The van der Waals surface area contributed by atoms with Gasteiger partial charge < -0.3 is 28.4 Å². The van der Waals surface area contributed by atoms with Gasteiger partial charge in [0.15, 0.2) is 11.5 Å². The summed E-state index contributed by atoms with van der Waals surface area (Å²) in [6.07, 6.45) is 2.56. The van der Waals surface area contributed by atoms with Gasteiger partial charge in [0.25, 0.3) is 0 Å². The van der Waals surface area contributed by atoms with Crippen LogP contribution in [0.3, 0.4) is 0 Å². The minimum absolute atomic E-state index is 0.00797. The summed E-state index contributed by atoms with van der Waals surface area (Å²) in [5.74, 6) is 2.15. The number of ether oxygens (including phenoxy) is 3. The molecule has 9 nitrogen and oxygen atoms in total. The predicted octanol–water partition coefficient (Wildman–Crippen LogP) is 3.18. The van der Waals surface area contributed by atoms with Crippen molar-refractivity contribution in [1.29, 1.82) is 0 Å². The third-order valence-corrected chi connectivity index (χ3v) is 5.92. The molecule has 4 rings (SSSR count).